The second kappa shape index (κ2) is 10.5. The van der Waals surface area contributed by atoms with E-state index in [9.17, 15) is 0 Å². The van der Waals surface area contributed by atoms with E-state index in [4.69, 9.17) is 9.40 Å². The predicted octanol–water partition coefficient (Wildman–Crippen LogP) is 12.2. The Bertz CT molecular complexity index is 2480. The summed E-state index contributed by atoms with van der Waals surface area (Å²) in [5.74, 6) is 0.634. The van der Waals surface area contributed by atoms with Gasteiger partial charge < -0.3 is 9.32 Å². The van der Waals surface area contributed by atoms with Crippen LogP contribution in [0.3, 0.4) is 0 Å². The number of hydrogen-bond acceptors (Lipinski definition) is 4. The van der Waals surface area contributed by atoms with Crippen LogP contribution in [-0.4, -0.2) is 4.98 Å². The van der Waals surface area contributed by atoms with Crippen LogP contribution in [-0.2, 0) is 0 Å². The van der Waals surface area contributed by atoms with Crippen molar-refractivity contribution in [1.29, 1.82) is 0 Å². The highest BCUT2D eigenvalue weighted by atomic mass is 32.1. The summed E-state index contributed by atoms with van der Waals surface area (Å²) >= 11 is 1.87. The zero-order valence-corrected chi connectivity index (χ0v) is 25.0. The second-order valence-corrected chi connectivity index (χ2v) is 12.3. The van der Waals surface area contributed by atoms with Crippen LogP contribution in [0.4, 0.5) is 17.1 Å². The summed E-state index contributed by atoms with van der Waals surface area (Å²) in [6.45, 7) is 0. The molecule has 0 amide bonds. The van der Waals surface area contributed by atoms with Crippen molar-refractivity contribution in [3.63, 3.8) is 0 Å². The van der Waals surface area contributed by atoms with E-state index in [1.165, 1.54) is 30.9 Å². The summed E-state index contributed by atoms with van der Waals surface area (Å²) in [6.07, 6.45) is 0. The summed E-state index contributed by atoms with van der Waals surface area (Å²) in [6, 6.07) is 55.5. The maximum absolute atomic E-state index is 6.16. The molecule has 0 saturated heterocycles. The molecular weight excluding hydrogens is 569 g/mol. The van der Waals surface area contributed by atoms with Crippen LogP contribution < -0.4 is 4.90 Å². The van der Waals surface area contributed by atoms with Crippen LogP contribution >= 0.6 is 11.3 Å². The highest BCUT2D eigenvalue weighted by Gasteiger charge is 2.17. The van der Waals surface area contributed by atoms with Gasteiger partial charge in [-0.2, -0.15) is 0 Å². The lowest BCUT2D eigenvalue weighted by Gasteiger charge is -2.25. The molecule has 0 radical (unpaired) electrons. The Morgan fingerprint density at radius 1 is 0.511 bits per heavy atom. The molecule has 0 N–H and O–H groups in total. The molecule has 0 aliphatic heterocycles. The zero-order chi connectivity index (χ0) is 29.7. The number of rotatable bonds is 5. The van der Waals surface area contributed by atoms with Crippen molar-refractivity contribution in [1.82, 2.24) is 4.98 Å². The highest BCUT2D eigenvalue weighted by Crippen LogP contribution is 2.43. The smallest absolute Gasteiger partial charge is 0.227 e. The van der Waals surface area contributed by atoms with Crippen LogP contribution in [0.5, 0.6) is 0 Å². The number of para-hydroxylation sites is 2. The van der Waals surface area contributed by atoms with Gasteiger partial charge in [-0.3, -0.25) is 0 Å². The Morgan fingerprint density at radius 3 is 2.09 bits per heavy atom. The van der Waals surface area contributed by atoms with Crippen molar-refractivity contribution >= 4 is 70.4 Å². The normalized spacial score (nSPS) is 11.6. The third-order valence-corrected chi connectivity index (χ3v) is 9.71. The van der Waals surface area contributed by atoms with Gasteiger partial charge in [0.25, 0.3) is 0 Å². The molecule has 2 aromatic heterocycles. The van der Waals surface area contributed by atoms with E-state index < -0.39 is 0 Å². The molecule has 3 nitrogen and oxygen atoms in total. The fraction of sp³-hybridized carbons (Fsp3) is 0. The third kappa shape index (κ3) is 4.38. The molecule has 0 aliphatic rings. The minimum absolute atomic E-state index is 0.634. The van der Waals surface area contributed by atoms with Crippen molar-refractivity contribution in [2.45, 2.75) is 0 Å². The molecule has 2 heterocycles. The lowest BCUT2D eigenvalue weighted by Crippen LogP contribution is -2.09. The Morgan fingerprint density at radius 2 is 1.24 bits per heavy atom. The summed E-state index contributed by atoms with van der Waals surface area (Å²) in [5.41, 5.74) is 8.09. The molecule has 9 aromatic rings. The number of oxazole rings is 1. The van der Waals surface area contributed by atoms with E-state index in [0.717, 1.165) is 44.9 Å². The number of aromatic nitrogens is 1. The first-order valence-electron chi connectivity index (χ1n) is 15.0. The Labute approximate surface area is 264 Å². The van der Waals surface area contributed by atoms with Crippen LogP contribution in [0.2, 0.25) is 0 Å². The third-order valence-electron chi connectivity index (χ3n) is 8.49. The number of nitrogens with zero attached hydrogens (tertiary/aromatic N) is 2. The SMILES string of the molecule is c1ccc(-c2nc3c(-c4ccc(N(c5ccccc5)c5ccc6sc7c8ccccc8ccc7c6c5)cc4)cccc3o2)cc1. The van der Waals surface area contributed by atoms with Gasteiger partial charge in [-0.15, -0.1) is 11.3 Å². The van der Waals surface area contributed by atoms with E-state index in [-0.39, 0.29) is 0 Å². The molecule has 9 rings (SSSR count). The number of benzene rings is 7. The fourth-order valence-corrected chi connectivity index (χ4v) is 7.55. The first kappa shape index (κ1) is 25.8. The van der Waals surface area contributed by atoms with Gasteiger partial charge >= 0.3 is 0 Å². The zero-order valence-electron chi connectivity index (χ0n) is 24.2. The number of hydrogen-bond donors (Lipinski definition) is 0. The van der Waals surface area contributed by atoms with E-state index in [1.54, 1.807) is 0 Å². The molecule has 0 unspecified atom stereocenters. The van der Waals surface area contributed by atoms with Gasteiger partial charge in [0.1, 0.15) is 5.52 Å². The first-order valence-corrected chi connectivity index (χ1v) is 15.9. The standard InChI is InChI=1S/C41H26N2OS/c1-3-11-29(12-4-1)41-42-39-33(16-9-17-37(39)44-41)28-18-21-31(22-19-28)43(30-13-5-2-6-14-30)32-23-25-38-36(26-32)35-24-20-27-10-7-8-15-34(27)40(35)45-38/h1-26H. The van der Waals surface area contributed by atoms with E-state index in [0.29, 0.717) is 5.89 Å². The average molecular weight is 595 g/mol. The van der Waals surface area contributed by atoms with E-state index >= 15 is 0 Å². The minimum Gasteiger partial charge on any atom is -0.436 e. The molecule has 212 valence electrons. The maximum Gasteiger partial charge on any atom is 0.227 e. The van der Waals surface area contributed by atoms with E-state index in [1.807, 2.05) is 53.8 Å². The highest BCUT2D eigenvalue weighted by molar-refractivity contribution is 7.26. The van der Waals surface area contributed by atoms with Gasteiger partial charge in [-0.1, -0.05) is 97.1 Å². The fourth-order valence-electron chi connectivity index (χ4n) is 6.33. The Balaban J connectivity index is 1.15. The average Bonchev–Trinajstić information content (AvgIpc) is 3.72. The van der Waals surface area contributed by atoms with Crippen molar-refractivity contribution in [2.24, 2.45) is 0 Å². The van der Waals surface area contributed by atoms with Crippen LogP contribution in [0.1, 0.15) is 0 Å². The van der Waals surface area contributed by atoms with Gasteiger partial charge in [-0.05, 0) is 77.0 Å². The molecule has 0 saturated carbocycles. The predicted molar refractivity (Wildman–Crippen MR) is 190 cm³/mol. The van der Waals surface area contributed by atoms with Crippen molar-refractivity contribution in [2.75, 3.05) is 4.90 Å². The summed E-state index contributed by atoms with van der Waals surface area (Å²) in [4.78, 5) is 7.23. The van der Waals surface area contributed by atoms with Gasteiger partial charge in [0.15, 0.2) is 5.58 Å². The first-order chi connectivity index (χ1) is 22.3. The molecule has 4 heteroatoms. The monoisotopic (exact) mass is 594 g/mol. The van der Waals surface area contributed by atoms with Crippen molar-refractivity contribution in [3.8, 4) is 22.6 Å². The molecule has 7 aromatic carbocycles. The summed E-state index contributed by atoms with van der Waals surface area (Å²) < 4.78 is 8.79. The molecular formula is C41H26N2OS. The number of fused-ring (bicyclic) bond motifs is 6. The van der Waals surface area contributed by atoms with Crippen molar-refractivity contribution < 1.29 is 4.42 Å². The lowest BCUT2D eigenvalue weighted by molar-refractivity contribution is 0.620. The second-order valence-electron chi connectivity index (χ2n) is 11.2. The molecule has 0 spiro atoms. The van der Waals surface area contributed by atoms with Crippen LogP contribution in [0.25, 0.3) is 64.6 Å². The van der Waals surface area contributed by atoms with E-state index in [2.05, 4.69) is 120 Å². The summed E-state index contributed by atoms with van der Waals surface area (Å²) in [7, 11) is 0. The summed E-state index contributed by atoms with van der Waals surface area (Å²) in [5, 5.41) is 5.17. The Kier molecular flexibility index (Phi) is 6.00. The van der Waals surface area contributed by atoms with Crippen molar-refractivity contribution in [3.05, 3.63) is 158 Å². The maximum atomic E-state index is 6.16. The van der Waals surface area contributed by atoms with Crippen LogP contribution in [0.15, 0.2) is 162 Å². The van der Waals surface area contributed by atoms with Crippen LogP contribution in [0, 0.1) is 0 Å². The quantitative estimate of drug-likeness (QED) is 0.198. The van der Waals surface area contributed by atoms with Gasteiger partial charge in [0, 0.05) is 48.4 Å². The van der Waals surface area contributed by atoms with Gasteiger partial charge in [0.05, 0.1) is 0 Å². The Hall–Kier alpha value is -5.71. The number of anilines is 3. The lowest BCUT2D eigenvalue weighted by atomic mass is 10.0. The molecule has 0 bridgehead atoms. The van der Waals surface area contributed by atoms with Gasteiger partial charge in [-0.25, -0.2) is 4.98 Å². The molecule has 0 fully saturated rings. The minimum atomic E-state index is 0.634. The van der Waals surface area contributed by atoms with Gasteiger partial charge in [0.2, 0.25) is 5.89 Å². The molecule has 45 heavy (non-hydrogen) atoms. The molecule has 0 aliphatic carbocycles. The number of thiophene rings is 1. The molecule has 0 atom stereocenters. The largest absolute Gasteiger partial charge is 0.436 e. The topological polar surface area (TPSA) is 29.3 Å².